The molecule has 2 aromatic heterocycles. The van der Waals surface area contributed by atoms with Gasteiger partial charge >= 0.3 is 0 Å². The molecule has 4 N–H and O–H groups in total. The molecule has 73 heavy (non-hydrogen) atoms. The Balaban J connectivity index is 0.957. The number of aromatic nitrogens is 2. The highest BCUT2D eigenvalue weighted by Gasteiger charge is 2.39. The van der Waals surface area contributed by atoms with Crippen LogP contribution in [0.5, 0.6) is 5.88 Å². The van der Waals surface area contributed by atoms with Gasteiger partial charge in [-0.05, 0) is 122 Å². The number of amides is 1. The number of aliphatic hydroxyl groups is 1. The number of pyridine rings is 1. The first-order valence-corrected chi connectivity index (χ1v) is 27.0. The highest BCUT2D eigenvalue weighted by Crippen LogP contribution is 2.46. The molecule has 5 aromatic rings. The number of carbonyl (C=O) groups is 1. The summed E-state index contributed by atoms with van der Waals surface area (Å²) in [6.45, 7) is 11.8. The molecule has 4 atom stereocenters. The lowest BCUT2D eigenvalue weighted by atomic mass is 9.71. The summed E-state index contributed by atoms with van der Waals surface area (Å²) in [5, 5.41) is 27.1. The highest BCUT2D eigenvalue weighted by atomic mass is 35.5. The highest BCUT2D eigenvalue weighted by molar-refractivity contribution is 7.90. The van der Waals surface area contributed by atoms with Crippen LogP contribution in [0.25, 0.3) is 16.6 Å². The number of sulfonamides is 1. The van der Waals surface area contributed by atoms with E-state index >= 15 is 0 Å². The number of nitrogens with one attached hydrogen (secondary N) is 3. The zero-order chi connectivity index (χ0) is 51.1. The number of nitro groups is 1. The molecule has 3 saturated heterocycles. The van der Waals surface area contributed by atoms with Crippen LogP contribution in [0.3, 0.4) is 0 Å². The van der Waals surface area contributed by atoms with E-state index < -0.39 is 37.0 Å². The van der Waals surface area contributed by atoms with Gasteiger partial charge in [0, 0.05) is 80.8 Å². The Kier molecular flexibility index (Phi) is 14.5. The Labute approximate surface area is 430 Å². The Bertz CT molecular complexity index is 3010. The van der Waals surface area contributed by atoms with Gasteiger partial charge in [-0.1, -0.05) is 37.6 Å². The molecular weight excluding hydrogens is 976 g/mol. The van der Waals surface area contributed by atoms with Crippen molar-refractivity contribution in [3.8, 4) is 5.88 Å². The Morgan fingerprint density at radius 1 is 0.986 bits per heavy atom. The van der Waals surface area contributed by atoms with Gasteiger partial charge in [-0.25, -0.2) is 13.1 Å². The summed E-state index contributed by atoms with van der Waals surface area (Å²) < 4.78 is 55.4. The zero-order valence-electron chi connectivity index (χ0n) is 41.4. The quantitative estimate of drug-likeness (QED) is 0.0769. The number of benzene rings is 3. The van der Waals surface area contributed by atoms with E-state index in [0.29, 0.717) is 106 Å². The first-order chi connectivity index (χ1) is 35.0. The lowest BCUT2D eigenvalue weighted by Crippen LogP contribution is -2.56. The standard InChI is InChI=1S/C53H63ClN8O10S/c1-52(2)27-42(34-6-8-36(54)9-7-34)43-31-60-20-19-59(30-38(60)32-69-21-5-23-70-48(43)28-52)37-10-12-41(45(25-37)61-18-4-22-71-51-47(61)24-35-15-17-55-49(35)57-51)50(63)58-73(67,68)40-11-13-44(46(26-40)62(65)66)56-29-39-14-16-53(3,64)33-72-39/h6-13,15,17,24-26,38-39,48,56,64H,4-5,14,16,18-23,27-33H2,1-3H3,(H,55,57)(H,58,63)/t38-,39+,48+,53-/m0/s1. The molecule has 3 aromatic carbocycles. The number of carbonyl (C=O) groups excluding carboxylic acids is 1. The molecule has 4 aliphatic heterocycles. The number of hydrogen-bond donors (Lipinski definition) is 4. The predicted octanol–water partition coefficient (Wildman–Crippen LogP) is 8.08. The van der Waals surface area contributed by atoms with Crippen molar-refractivity contribution in [3.63, 3.8) is 0 Å². The number of H-pyrrole nitrogens is 1. The van der Waals surface area contributed by atoms with Crippen molar-refractivity contribution >= 4 is 72.6 Å². The van der Waals surface area contributed by atoms with Gasteiger partial charge in [0.2, 0.25) is 5.88 Å². The average molecular weight is 1040 g/mol. The summed E-state index contributed by atoms with van der Waals surface area (Å²) in [4.78, 5) is 40.5. The van der Waals surface area contributed by atoms with Gasteiger partial charge < -0.3 is 44.2 Å². The summed E-state index contributed by atoms with van der Waals surface area (Å²) in [6, 6.07) is 20.8. The van der Waals surface area contributed by atoms with E-state index in [1.807, 2.05) is 41.3 Å². The summed E-state index contributed by atoms with van der Waals surface area (Å²) in [6.07, 6.45) is 5.64. The molecular formula is C53H63ClN8O10S. The molecule has 6 heterocycles. The Hall–Kier alpha value is -5.80. The van der Waals surface area contributed by atoms with Gasteiger partial charge in [0.25, 0.3) is 21.6 Å². The molecule has 0 radical (unpaired) electrons. The van der Waals surface area contributed by atoms with Crippen molar-refractivity contribution in [1.82, 2.24) is 19.6 Å². The van der Waals surface area contributed by atoms with Crippen LogP contribution in [0.4, 0.5) is 28.4 Å². The molecule has 5 aliphatic rings. The van der Waals surface area contributed by atoms with Gasteiger partial charge in [0.1, 0.15) is 17.0 Å². The number of rotatable bonds is 10. The van der Waals surface area contributed by atoms with E-state index in [0.717, 1.165) is 42.0 Å². The summed E-state index contributed by atoms with van der Waals surface area (Å²) in [5.74, 6) is -0.554. The van der Waals surface area contributed by atoms with Crippen LogP contribution in [-0.2, 0) is 24.2 Å². The van der Waals surface area contributed by atoms with Gasteiger partial charge in [-0.15, -0.1) is 0 Å². The normalized spacial score (nSPS) is 24.0. The molecule has 20 heteroatoms. The van der Waals surface area contributed by atoms with E-state index in [1.54, 1.807) is 19.2 Å². The predicted molar refractivity (Wildman–Crippen MR) is 280 cm³/mol. The third kappa shape index (κ3) is 11.3. The minimum Gasteiger partial charge on any atom is -0.476 e. The molecule has 18 nitrogen and oxygen atoms in total. The fraction of sp³-hybridized carbons (Fsp3) is 0.472. The topological polar surface area (TPSA) is 214 Å². The number of aromatic amines is 1. The van der Waals surface area contributed by atoms with Crippen molar-refractivity contribution in [2.75, 3.05) is 87.4 Å². The van der Waals surface area contributed by atoms with Gasteiger partial charge in [-0.2, -0.15) is 4.98 Å². The maximum Gasteiger partial charge on any atom is 0.293 e. The van der Waals surface area contributed by atoms with Crippen molar-refractivity contribution in [1.29, 1.82) is 0 Å². The van der Waals surface area contributed by atoms with Crippen LogP contribution in [0, 0.1) is 15.5 Å². The lowest BCUT2D eigenvalue weighted by Gasteiger charge is -2.45. The second-order valence-electron chi connectivity index (χ2n) is 20.9. The Morgan fingerprint density at radius 2 is 1.82 bits per heavy atom. The molecule has 388 valence electrons. The number of anilines is 4. The summed E-state index contributed by atoms with van der Waals surface area (Å²) >= 11 is 6.38. The number of nitrogens with zero attached hydrogens (tertiary/aromatic N) is 5. The van der Waals surface area contributed by atoms with E-state index in [-0.39, 0.29) is 48.1 Å². The molecule has 3 fully saturated rings. The third-order valence-corrected chi connectivity index (χ3v) is 16.3. The number of fused-ring (bicyclic) bond motifs is 4. The van der Waals surface area contributed by atoms with Crippen LogP contribution in [0.2, 0.25) is 5.02 Å². The van der Waals surface area contributed by atoms with E-state index in [9.17, 15) is 28.4 Å². The number of allylic oxidation sites excluding steroid dienone is 1. The first kappa shape index (κ1) is 50.7. The molecule has 1 aliphatic carbocycles. The molecule has 0 spiro atoms. The van der Waals surface area contributed by atoms with Gasteiger partial charge in [0.15, 0.2) is 0 Å². The second-order valence-corrected chi connectivity index (χ2v) is 23.0. The number of piperazine rings is 1. The largest absolute Gasteiger partial charge is 0.476 e. The maximum absolute atomic E-state index is 14.6. The van der Waals surface area contributed by atoms with Crippen molar-refractivity contribution in [2.45, 2.75) is 88.0 Å². The van der Waals surface area contributed by atoms with Gasteiger partial charge in [-0.3, -0.25) is 19.8 Å². The fourth-order valence-electron chi connectivity index (χ4n) is 10.8. The number of halogens is 1. The number of hydrogen-bond acceptors (Lipinski definition) is 15. The maximum atomic E-state index is 14.6. The smallest absolute Gasteiger partial charge is 0.293 e. The van der Waals surface area contributed by atoms with E-state index in [1.165, 1.54) is 23.3 Å². The molecule has 1 amide bonds. The molecule has 0 saturated carbocycles. The average Bonchev–Trinajstić information content (AvgIpc) is 3.71. The third-order valence-electron chi connectivity index (χ3n) is 14.7. The fourth-order valence-corrected chi connectivity index (χ4v) is 11.9. The van der Waals surface area contributed by atoms with Crippen LogP contribution >= 0.6 is 11.6 Å². The summed E-state index contributed by atoms with van der Waals surface area (Å²) in [5.41, 5.74) is 5.03. The van der Waals surface area contributed by atoms with Crippen molar-refractivity contribution < 1.29 is 42.2 Å². The van der Waals surface area contributed by atoms with Crippen LogP contribution < -0.4 is 24.6 Å². The Morgan fingerprint density at radius 3 is 2.62 bits per heavy atom. The summed E-state index contributed by atoms with van der Waals surface area (Å²) in [7, 11) is -4.65. The number of nitro benzene ring substituents is 1. The van der Waals surface area contributed by atoms with Crippen LogP contribution in [-0.4, -0.2) is 135 Å². The second kappa shape index (κ2) is 20.8. The van der Waals surface area contributed by atoms with Gasteiger partial charge in [0.05, 0.1) is 64.7 Å². The molecule has 10 rings (SSSR count). The van der Waals surface area contributed by atoms with Crippen LogP contribution in [0.1, 0.15) is 75.2 Å². The molecule has 0 bridgehead atoms. The SMILES string of the molecule is CC1(C)CC(c2ccc(Cl)cc2)=C2CN3CCN(c4ccc(C(=O)NS(=O)(=O)c5ccc(NC[C@H]6CC[C@](C)(O)CO6)c([N+](=O)[O-])c5)c(N5CCCOc6nc7[nH]ccc7cc65)c4)C[C@H]3COCCCO[C@@H]2C1. The van der Waals surface area contributed by atoms with E-state index in [2.05, 4.69) is 50.8 Å². The van der Waals surface area contributed by atoms with Crippen molar-refractivity contribution in [2.24, 2.45) is 5.41 Å². The van der Waals surface area contributed by atoms with E-state index in [4.69, 9.17) is 35.5 Å². The minimum absolute atomic E-state index is 0.000196. The van der Waals surface area contributed by atoms with Crippen LogP contribution in [0.15, 0.2) is 89.5 Å². The lowest BCUT2D eigenvalue weighted by molar-refractivity contribution is -0.384. The zero-order valence-corrected chi connectivity index (χ0v) is 43.0. The number of ether oxygens (including phenoxy) is 4. The molecule has 0 unspecified atom stereocenters. The minimum atomic E-state index is -4.65. The monoisotopic (exact) mass is 1040 g/mol. The first-order valence-electron chi connectivity index (χ1n) is 25.1. The van der Waals surface area contributed by atoms with Crippen molar-refractivity contribution in [3.05, 3.63) is 111 Å².